The summed E-state index contributed by atoms with van der Waals surface area (Å²) < 4.78 is 1.12. The van der Waals surface area contributed by atoms with Crippen LogP contribution in [0, 0.1) is 0 Å². The van der Waals surface area contributed by atoms with Crippen molar-refractivity contribution in [1.29, 1.82) is 0 Å². The fraction of sp³-hybridized carbons (Fsp3) is 0.444. The molecule has 1 amide bonds. The van der Waals surface area contributed by atoms with E-state index in [0.717, 1.165) is 10.2 Å². The highest BCUT2D eigenvalue weighted by molar-refractivity contribution is 9.11. The monoisotopic (exact) mass is 312 g/mol. The van der Waals surface area contributed by atoms with Crippen LogP contribution in [0.4, 0.5) is 0 Å². The third-order valence-corrected chi connectivity index (χ3v) is 3.40. The highest BCUT2D eigenvalue weighted by Crippen LogP contribution is 2.21. The molecule has 0 fully saturated rings. The maximum atomic E-state index is 11.1. The molecule has 0 aliphatic carbocycles. The number of amides is 1. The van der Waals surface area contributed by atoms with Gasteiger partial charge in [0, 0.05) is 11.4 Å². The van der Waals surface area contributed by atoms with Gasteiger partial charge in [0.1, 0.15) is 0 Å². The molecule has 0 saturated carbocycles. The highest BCUT2D eigenvalue weighted by atomic mass is 79.9. The second-order valence-corrected chi connectivity index (χ2v) is 5.58. The number of carbonyl (C=O) groups excluding carboxylic acids is 1. The molecule has 0 saturated heterocycles. The molecule has 86 valence electrons. The lowest BCUT2D eigenvalue weighted by atomic mass is 10.3. The number of carbonyl (C=O) groups is 1. The minimum Gasteiger partial charge on any atom is -0.354 e. The summed E-state index contributed by atoms with van der Waals surface area (Å²) in [5, 5.41) is 2.77. The Kier molecular flexibility index (Phi) is 7.17. The van der Waals surface area contributed by atoms with Gasteiger partial charge in [-0.05, 0) is 41.4 Å². The number of halogens is 2. The molecule has 6 heteroatoms. The van der Waals surface area contributed by atoms with Crippen molar-refractivity contribution in [1.82, 2.24) is 5.32 Å². The molecule has 1 atom stereocenters. The van der Waals surface area contributed by atoms with Crippen LogP contribution >= 0.6 is 39.7 Å². The zero-order chi connectivity index (χ0) is 10.6. The fourth-order valence-corrected chi connectivity index (χ4v) is 2.44. The second-order valence-electron chi connectivity index (χ2n) is 3.04. The average molecular weight is 314 g/mol. The van der Waals surface area contributed by atoms with E-state index in [9.17, 15) is 4.79 Å². The first-order valence-electron chi connectivity index (χ1n) is 4.37. The number of thiophene rings is 1. The molecule has 0 spiro atoms. The third kappa shape index (κ3) is 5.51. The Morgan fingerprint density at radius 2 is 2.33 bits per heavy atom. The van der Waals surface area contributed by atoms with Gasteiger partial charge in [0.2, 0.25) is 5.91 Å². The van der Waals surface area contributed by atoms with Gasteiger partial charge < -0.3 is 11.1 Å². The number of nitrogens with two attached hydrogens (primary N) is 1. The lowest BCUT2D eigenvalue weighted by Gasteiger charge is -2.06. The summed E-state index contributed by atoms with van der Waals surface area (Å²) in [6.07, 6.45) is 0.856. The van der Waals surface area contributed by atoms with Gasteiger partial charge in [-0.2, -0.15) is 0 Å². The molecule has 3 nitrogen and oxygen atoms in total. The first-order valence-corrected chi connectivity index (χ1v) is 5.98. The summed E-state index contributed by atoms with van der Waals surface area (Å²) in [6.45, 7) is 2.32. The van der Waals surface area contributed by atoms with Gasteiger partial charge in [0.05, 0.1) is 9.83 Å². The zero-order valence-electron chi connectivity index (χ0n) is 8.33. The Balaban J connectivity index is 0.00000196. The van der Waals surface area contributed by atoms with E-state index in [-0.39, 0.29) is 18.3 Å². The molecule has 1 rings (SSSR count). The Morgan fingerprint density at radius 1 is 1.67 bits per heavy atom. The van der Waals surface area contributed by atoms with Crippen molar-refractivity contribution in [3.8, 4) is 0 Å². The molecule has 0 aliphatic rings. The second kappa shape index (κ2) is 7.22. The molecule has 3 N–H and O–H groups in total. The fourth-order valence-electron chi connectivity index (χ4n) is 0.956. The molecular formula is C9H14BrClN2OS. The Bertz CT molecular complexity index is 317. The smallest absolute Gasteiger partial charge is 0.236 e. The molecule has 0 aliphatic heterocycles. The van der Waals surface area contributed by atoms with Gasteiger partial charge in [0.15, 0.2) is 0 Å². The molecule has 1 aromatic heterocycles. The van der Waals surface area contributed by atoms with Gasteiger partial charge in [-0.3, -0.25) is 4.79 Å². The lowest BCUT2D eigenvalue weighted by Crippen LogP contribution is -2.39. The van der Waals surface area contributed by atoms with E-state index in [1.54, 1.807) is 18.3 Å². The van der Waals surface area contributed by atoms with E-state index in [1.807, 2.05) is 12.1 Å². The summed E-state index contributed by atoms with van der Waals surface area (Å²) in [7, 11) is 0. The molecule has 0 aromatic carbocycles. The van der Waals surface area contributed by atoms with Crippen LogP contribution in [-0.4, -0.2) is 18.5 Å². The van der Waals surface area contributed by atoms with Crippen molar-refractivity contribution in [2.24, 2.45) is 5.73 Å². The van der Waals surface area contributed by atoms with E-state index < -0.39 is 6.04 Å². The number of nitrogens with one attached hydrogen (secondary N) is 1. The third-order valence-electron chi connectivity index (χ3n) is 1.71. The van der Waals surface area contributed by atoms with Crippen LogP contribution in [0.2, 0.25) is 0 Å². The number of rotatable bonds is 4. The number of hydrogen-bond acceptors (Lipinski definition) is 3. The van der Waals surface area contributed by atoms with Gasteiger partial charge in [0.25, 0.3) is 0 Å². The summed E-state index contributed by atoms with van der Waals surface area (Å²) >= 11 is 5.07. The Labute approximate surface area is 108 Å². The van der Waals surface area contributed by atoms with Gasteiger partial charge in [-0.1, -0.05) is 0 Å². The van der Waals surface area contributed by atoms with Crippen LogP contribution in [0.5, 0.6) is 0 Å². The highest BCUT2D eigenvalue weighted by Gasteiger charge is 2.05. The van der Waals surface area contributed by atoms with Crippen LogP contribution in [0.3, 0.4) is 0 Å². The van der Waals surface area contributed by atoms with E-state index in [1.165, 1.54) is 4.88 Å². The van der Waals surface area contributed by atoms with E-state index in [0.29, 0.717) is 6.54 Å². The van der Waals surface area contributed by atoms with Crippen LogP contribution < -0.4 is 11.1 Å². The standard InChI is InChI=1S/C9H13BrN2OS.ClH/c1-6(11)9(13)12-5-4-7-2-3-8(10)14-7;/h2-3,6H,4-5,11H2,1H3,(H,12,13);1H. The minimum atomic E-state index is -0.426. The van der Waals surface area contributed by atoms with E-state index >= 15 is 0 Å². The average Bonchev–Trinajstić information content (AvgIpc) is 2.51. The predicted molar refractivity (Wildman–Crippen MR) is 69.6 cm³/mol. The molecule has 0 bridgehead atoms. The molecule has 0 radical (unpaired) electrons. The molecular weight excluding hydrogens is 300 g/mol. The molecule has 1 unspecified atom stereocenters. The topological polar surface area (TPSA) is 55.1 Å². The zero-order valence-corrected chi connectivity index (χ0v) is 11.5. The molecule has 1 heterocycles. The van der Waals surface area contributed by atoms with E-state index in [2.05, 4.69) is 21.2 Å². The van der Waals surface area contributed by atoms with Crippen molar-refractivity contribution in [3.05, 3.63) is 20.8 Å². The summed E-state index contributed by atoms with van der Waals surface area (Å²) in [6, 6.07) is 3.63. The quantitative estimate of drug-likeness (QED) is 0.892. The minimum absolute atomic E-state index is 0. The van der Waals surface area contributed by atoms with Crippen LogP contribution in [-0.2, 0) is 11.2 Å². The number of hydrogen-bond donors (Lipinski definition) is 2. The maximum Gasteiger partial charge on any atom is 0.236 e. The Hall–Kier alpha value is -0.100. The summed E-state index contributed by atoms with van der Waals surface area (Å²) in [5.41, 5.74) is 5.40. The van der Waals surface area contributed by atoms with Gasteiger partial charge >= 0.3 is 0 Å². The van der Waals surface area contributed by atoms with Crippen LogP contribution in [0.15, 0.2) is 15.9 Å². The predicted octanol–water partition coefficient (Wildman–Crippen LogP) is 1.94. The maximum absolute atomic E-state index is 11.1. The van der Waals surface area contributed by atoms with Crippen molar-refractivity contribution < 1.29 is 4.79 Å². The van der Waals surface area contributed by atoms with E-state index in [4.69, 9.17) is 5.73 Å². The molecule has 15 heavy (non-hydrogen) atoms. The molecule has 1 aromatic rings. The SMILES string of the molecule is CC(N)C(=O)NCCc1ccc(Br)s1.Cl. The Morgan fingerprint density at radius 3 is 2.80 bits per heavy atom. The summed E-state index contributed by atoms with van der Waals surface area (Å²) in [5.74, 6) is -0.0966. The largest absolute Gasteiger partial charge is 0.354 e. The lowest BCUT2D eigenvalue weighted by molar-refractivity contribution is -0.121. The van der Waals surface area contributed by atoms with Gasteiger partial charge in [-0.25, -0.2) is 0 Å². The first kappa shape index (κ1) is 14.9. The van der Waals surface area contributed by atoms with Crippen molar-refractivity contribution >= 4 is 45.6 Å². The van der Waals surface area contributed by atoms with Crippen molar-refractivity contribution in [2.75, 3.05) is 6.54 Å². The first-order chi connectivity index (χ1) is 6.59. The van der Waals surface area contributed by atoms with Crippen molar-refractivity contribution in [3.63, 3.8) is 0 Å². The van der Waals surface area contributed by atoms with Gasteiger partial charge in [-0.15, -0.1) is 23.7 Å². The van der Waals surface area contributed by atoms with Crippen LogP contribution in [0.1, 0.15) is 11.8 Å². The summed E-state index contributed by atoms with van der Waals surface area (Å²) in [4.78, 5) is 12.3. The van der Waals surface area contributed by atoms with Crippen molar-refractivity contribution in [2.45, 2.75) is 19.4 Å². The normalized spacial score (nSPS) is 11.7. The van der Waals surface area contributed by atoms with Crippen LogP contribution in [0.25, 0.3) is 0 Å².